The van der Waals surface area contributed by atoms with Crippen LogP contribution >= 0.6 is 0 Å². The van der Waals surface area contributed by atoms with Crippen molar-refractivity contribution in [1.29, 1.82) is 0 Å². The maximum Gasteiger partial charge on any atom is 0.254 e. The van der Waals surface area contributed by atoms with Crippen molar-refractivity contribution in [3.63, 3.8) is 0 Å². The standard InChI is InChI=1S/C14H23F2NO2/c1-2-18-9-12(10-19-11-12)8-17-5-3-13(4-6-17)7-14(13,15)16/h2-11H2,1H3. The van der Waals surface area contributed by atoms with E-state index in [0.717, 1.165) is 46.1 Å². The van der Waals surface area contributed by atoms with Crippen molar-refractivity contribution in [3.05, 3.63) is 0 Å². The van der Waals surface area contributed by atoms with Crippen molar-refractivity contribution in [2.75, 3.05) is 46.1 Å². The van der Waals surface area contributed by atoms with Gasteiger partial charge in [-0.05, 0) is 32.9 Å². The van der Waals surface area contributed by atoms with Gasteiger partial charge in [-0.15, -0.1) is 0 Å². The van der Waals surface area contributed by atoms with Crippen LogP contribution in [0.1, 0.15) is 26.2 Å². The van der Waals surface area contributed by atoms with Gasteiger partial charge in [0, 0.05) is 25.0 Å². The largest absolute Gasteiger partial charge is 0.381 e. The highest BCUT2D eigenvalue weighted by molar-refractivity contribution is 5.12. The molecule has 0 aromatic heterocycles. The highest BCUT2D eigenvalue weighted by Crippen LogP contribution is 2.65. The Morgan fingerprint density at radius 1 is 1.21 bits per heavy atom. The molecule has 3 nitrogen and oxygen atoms in total. The molecule has 1 aliphatic carbocycles. The van der Waals surface area contributed by atoms with E-state index >= 15 is 0 Å². The van der Waals surface area contributed by atoms with Gasteiger partial charge in [0.2, 0.25) is 0 Å². The zero-order valence-electron chi connectivity index (χ0n) is 11.6. The van der Waals surface area contributed by atoms with Crippen LogP contribution in [0.15, 0.2) is 0 Å². The number of alkyl halides is 2. The summed E-state index contributed by atoms with van der Waals surface area (Å²) in [6.07, 6.45) is 1.40. The second kappa shape index (κ2) is 4.64. The van der Waals surface area contributed by atoms with Crippen molar-refractivity contribution in [2.24, 2.45) is 10.8 Å². The molecule has 2 heterocycles. The fourth-order valence-electron chi connectivity index (χ4n) is 3.47. The van der Waals surface area contributed by atoms with E-state index in [1.165, 1.54) is 0 Å². The first-order valence-electron chi connectivity index (χ1n) is 7.27. The van der Waals surface area contributed by atoms with Crippen LogP contribution in [0.2, 0.25) is 0 Å². The van der Waals surface area contributed by atoms with Gasteiger partial charge >= 0.3 is 0 Å². The highest BCUT2D eigenvalue weighted by Gasteiger charge is 2.70. The molecule has 0 amide bonds. The number of nitrogens with zero attached hydrogens (tertiary/aromatic N) is 1. The molecular weight excluding hydrogens is 252 g/mol. The van der Waals surface area contributed by atoms with Crippen molar-refractivity contribution < 1.29 is 18.3 Å². The summed E-state index contributed by atoms with van der Waals surface area (Å²) in [5, 5.41) is 0. The zero-order valence-corrected chi connectivity index (χ0v) is 11.6. The monoisotopic (exact) mass is 275 g/mol. The quantitative estimate of drug-likeness (QED) is 0.767. The predicted octanol–water partition coefficient (Wildman–Crippen LogP) is 2.16. The molecule has 3 rings (SSSR count). The smallest absolute Gasteiger partial charge is 0.254 e. The van der Waals surface area contributed by atoms with Crippen LogP contribution in [0.3, 0.4) is 0 Å². The molecule has 0 radical (unpaired) electrons. The minimum absolute atomic E-state index is 0.104. The first kappa shape index (κ1) is 13.7. The predicted molar refractivity (Wildman–Crippen MR) is 67.4 cm³/mol. The number of ether oxygens (including phenoxy) is 2. The van der Waals surface area contributed by atoms with Crippen LogP contribution in [0, 0.1) is 10.8 Å². The van der Waals surface area contributed by atoms with Crippen LogP contribution < -0.4 is 0 Å². The molecule has 1 spiro atoms. The van der Waals surface area contributed by atoms with Gasteiger partial charge in [0.25, 0.3) is 5.92 Å². The van der Waals surface area contributed by atoms with Crippen LogP contribution in [0.4, 0.5) is 8.78 Å². The van der Waals surface area contributed by atoms with Crippen LogP contribution in [-0.4, -0.2) is 56.9 Å². The zero-order chi connectivity index (χ0) is 13.6. The normalized spacial score (nSPS) is 31.1. The van der Waals surface area contributed by atoms with Gasteiger partial charge in [-0.1, -0.05) is 0 Å². The summed E-state index contributed by atoms with van der Waals surface area (Å²) in [5.41, 5.74) is -0.542. The molecule has 0 N–H and O–H groups in total. The van der Waals surface area contributed by atoms with E-state index in [2.05, 4.69) is 4.90 Å². The lowest BCUT2D eigenvalue weighted by molar-refractivity contribution is -0.161. The first-order chi connectivity index (χ1) is 9.01. The molecule has 0 unspecified atom stereocenters. The Balaban J connectivity index is 1.49. The van der Waals surface area contributed by atoms with Crippen molar-refractivity contribution in [3.8, 4) is 0 Å². The average molecular weight is 275 g/mol. The molecule has 2 saturated heterocycles. The molecule has 0 aromatic rings. The first-order valence-corrected chi connectivity index (χ1v) is 7.27. The Kier molecular flexibility index (Phi) is 3.35. The Bertz CT molecular complexity index is 336. The molecule has 0 bridgehead atoms. The minimum Gasteiger partial charge on any atom is -0.381 e. The van der Waals surface area contributed by atoms with E-state index in [4.69, 9.17) is 9.47 Å². The molecule has 3 aliphatic rings. The SMILES string of the molecule is CCOCC1(CN2CCC3(CC2)CC3(F)F)COC1. The summed E-state index contributed by atoms with van der Waals surface area (Å²) in [4.78, 5) is 2.32. The summed E-state index contributed by atoms with van der Waals surface area (Å²) in [6, 6.07) is 0. The third-order valence-electron chi connectivity index (χ3n) is 5.01. The molecule has 19 heavy (non-hydrogen) atoms. The lowest BCUT2D eigenvalue weighted by atomic mass is 9.84. The van der Waals surface area contributed by atoms with E-state index in [9.17, 15) is 8.78 Å². The van der Waals surface area contributed by atoms with Gasteiger partial charge in [0.1, 0.15) is 0 Å². The maximum absolute atomic E-state index is 13.3. The van der Waals surface area contributed by atoms with Crippen molar-refractivity contribution in [2.45, 2.75) is 32.1 Å². The third kappa shape index (κ3) is 2.41. The van der Waals surface area contributed by atoms with Crippen LogP contribution in [0.5, 0.6) is 0 Å². The second-order valence-electron chi connectivity index (χ2n) is 6.57. The van der Waals surface area contributed by atoms with Gasteiger partial charge in [-0.2, -0.15) is 0 Å². The van der Waals surface area contributed by atoms with E-state index < -0.39 is 11.3 Å². The van der Waals surface area contributed by atoms with E-state index in [1.807, 2.05) is 6.92 Å². The fraction of sp³-hybridized carbons (Fsp3) is 1.00. The molecule has 5 heteroatoms. The van der Waals surface area contributed by atoms with E-state index in [0.29, 0.717) is 12.8 Å². The van der Waals surface area contributed by atoms with Gasteiger partial charge in [0.05, 0.1) is 25.2 Å². The molecule has 1 saturated carbocycles. The van der Waals surface area contributed by atoms with Crippen molar-refractivity contribution >= 4 is 0 Å². The topological polar surface area (TPSA) is 21.7 Å². The van der Waals surface area contributed by atoms with Gasteiger partial charge in [-0.3, -0.25) is 0 Å². The number of likely N-dealkylation sites (tertiary alicyclic amines) is 1. The second-order valence-corrected chi connectivity index (χ2v) is 6.57. The van der Waals surface area contributed by atoms with Crippen molar-refractivity contribution in [1.82, 2.24) is 4.90 Å². The van der Waals surface area contributed by atoms with E-state index in [-0.39, 0.29) is 11.8 Å². The Morgan fingerprint density at radius 2 is 1.84 bits per heavy atom. The molecule has 3 fully saturated rings. The molecule has 0 aromatic carbocycles. The number of piperidine rings is 1. The molecule has 2 aliphatic heterocycles. The lowest BCUT2D eigenvalue weighted by Gasteiger charge is -2.45. The summed E-state index contributed by atoms with van der Waals surface area (Å²) >= 11 is 0. The number of rotatable bonds is 5. The lowest BCUT2D eigenvalue weighted by Crippen LogP contribution is -2.55. The van der Waals surface area contributed by atoms with E-state index in [1.54, 1.807) is 0 Å². The molecule has 110 valence electrons. The van der Waals surface area contributed by atoms with Gasteiger partial charge in [0.15, 0.2) is 0 Å². The third-order valence-corrected chi connectivity index (χ3v) is 5.01. The maximum atomic E-state index is 13.3. The van der Waals surface area contributed by atoms with Gasteiger partial charge < -0.3 is 14.4 Å². The molecular formula is C14H23F2NO2. The van der Waals surface area contributed by atoms with Crippen LogP contribution in [-0.2, 0) is 9.47 Å². The summed E-state index contributed by atoms with van der Waals surface area (Å²) in [6.45, 7) is 7.43. The number of hydrogen-bond donors (Lipinski definition) is 0. The Hall–Kier alpha value is -0.260. The number of halogens is 2. The Morgan fingerprint density at radius 3 is 2.26 bits per heavy atom. The molecule has 0 atom stereocenters. The van der Waals surface area contributed by atoms with Gasteiger partial charge in [-0.25, -0.2) is 8.78 Å². The average Bonchev–Trinajstić information content (AvgIpc) is 2.86. The summed E-state index contributed by atoms with van der Waals surface area (Å²) < 4.78 is 37.5. The highest BCUT2D eigenvalue weighted by atomic mass is 19.3. The number of hydrogen-bond acceptors (Lipinski definition) is 3. The van der Waals surface area contributed by atoms with Crippen LogP contribution in [0.25, 0.3) is 0 Å². The minimum atomic E-state index is -2.39. The summed E-state index contributed by atoms with van der Waals surface area (Å²) in [7, 11) is 0. The fourth-order valence-corrected chi connectivity index (χ4v) is 3.47. The Labute approximate surface area is 113 Å². The summed E-state index contributed by atoms with van der Waals surface area (Å²) in [5.74, 6) is -2.39.